The fourth-order valence-corrected chi connectivity index (χ4v) is 3.88. The molecule has 9 nitrogen and oxygen atoms in total. The van der Waals surface area contributed by atoms with E-state index in [1.807, 2.05) is 6.07 Å². The van der Waals surface area contributed by atoms with Gasteiger partial charge in [0.25, 0.3) is 17.5 Å². The van der Waals surface area contributed by atoms with Crippen LogP contribution in [0.4, 0.5) is 5.69 Å². The van der Waals surface area contributed by atoms with Crippen molar-refractivity contribution in [2.45, 2.75) is 6.42 Å². The van der Waals surface area contributed by atoms with Gasteiger partial charge in [-0.3, -0.25) is 19.7 Å². The number of aromatic amines is 1. The van der Waals surface area contributed by atoms with Crippen LogP contribution in [0.5, 0.6) is 5.75 Å². The van der Waals surface area contributed by atoms with Crippen molar-refractivity contribution in [3.8, 4) is 5.75 Å². The van der Waals surface area contributed by atoms with Crippen molar-refractivity contribution >= 4 is 28.4 Å². The zero-order chi connectivity index (χ0) is 22.0. The van der Waals surface area contributed by atoms with Crippen molar-refractivity contribution in [2.24, 2.45) is 0 Å². The molecule has 1 N–H and O–H groups in total. The highest BCUT2D eigenvalue weighted by Crippen LogP contribution is 2.25. The summed E-state index contributed by atoms with van der Waals surface area (Å²) in [6.07, 6.45) is 2.22. The molecule has 3 aromatic rings. The Morgan fingerprint density at radius 3 is 2.35 bits per heavy atom. The van der Waals surface area contributed by atoms with E-state index in [9.17, 15) is 19.7 Å². The lowest BCUT2D eigenvalue weighted by atomic mass is 10.1. The molecule has 0 spiro atoms. The van der Waals surface area contributed by atoms with Crippen LogP contribution in [0.25, 0.3) is 10.9 Å². The number of amides is 2. The molecule has 1 aromatic heterocycles. The van der Waals surface area contributed by atoms with Gasteiger partial charge in [-0.15, -0.1) is 0 Å². The maximum Gasteiger partial charge on any atom is 0.270 e. The molecule has 1 aliphatic heterocycles. The average molecular weight is 422 g/mol. The van der Waals surface area contributed by atoms with Crippen molar-refractivity contribution in [3.63, 3.8) is 0 Å². The van der Waals surface area contributed by atoms with E-state index in [0.29, 0.717) is 60.4 Å². The summed E-state index contributed by atoms with van der Waals surface area (Å²) in [6.45, 7) is 1.79. The minimum absolute atomic E-state index is 0.0643. The number of carbonyl (C=O) groups is 2. The van der Waals surface area contributed by atoms with Crippen LogP contribution in [-0.2, 0) is 0 Å². The van der Waals surface area contributed by atoms with Crippen molar-refractivity contribution < 1.29 is 19.2 Å². The highest BCUT2D eigenvalue weighted by Gasteiger charge is 2.26. The van der Waals surface area contributed by atoms with Gasteiger partial charge < -0.3 is 19.5 Å². The van der Waals surface area contributed by atoms with E-state index in [4.69, 9.17) is 4.74 Å². The number of hydrogen-bond donors (Lipinski definition) is 1. The number of hydrogen-bond acceptors (Lipinski definition) is 5. The number of nitro benzene ring substituents is 1. The molecule has 1 saturated heterocycles. The summed E-state index contributed by atoms with van der Waals surface area (Å²) < 4.78 is 5.30. The lowest BCUT2D eigenvalue weighted by Crippen LogP contribution is -2.37. The minimum atomic E-state index is -0.478. The fourth-order valence-electron chi connectivity index (χ4n) is 3.88. The molecule has 0 aliphatic carbocycles. The van der Waals surface area contributed by atoms with Crippen LogP contribution in [0.3, 0.4) is 0 Å². The van der Waals surface area contributed by atoms with Gasteiger partial charge in [-0.25, -0.2) is 0 Å². The van der Waals surface area contributed by atoms with Crippen LogP contribution in [0.15, 0.2) is 48.7 Å². The SMILES string of the molecule is COc1ccccc1C(=O)N1CCCN(C(=O)c2c[nH]c3ccc([N+](=O)[O-])cc23)CC1. The smallest absolute Gasteiger partial charge is 0.270 e. The number of non-ortho nitro benzene ring substituents is 1. The van der Waals surface area contributed by atoms with Gasteiger partial charge in [-0.2, -0.15) is 0 Å². The first-order chi connectivity index (χ1) is 15.0. The normalized spacial score (nSPS) is 14.4. The number of methoxy groups -OCH3 is 1. The van der Waals surface area contributed by atoms with Crippen molar-refractivity contribution in [1.82, 2.24) is 14.8 Å². The minimum Gasteiger partial charge on any atom is -0.496 e. The molecule has 0 unspecified atom stereocenters. The van der Waals surface area contributed by atoms with E-state index in [0.717, 1.165) is 0 Å². The van der Waals surface area contributed by atoms with Crippen molar-refractivity contribution in [2.75, 3.05) is 33.3 Å². The fraction of sp³-hybridized carbons (Fsp3) is 0.273. The largest absolute Gasteiger partial charge is 0.496 e. The highest BCUT2D eigenvalue weighted by atomic mass is 16.6. The Labute approximate surface area is 178 Å². The second kappa shape index (κ2) is 8.47. The Balaban J connectivity index is 1.52. The summed E-state index contributed by atoms with van der Waals surface area (Å²) in [5.74, 6) is 0.179. The molecule has 1 fully saturated rings. The molecule has 1 aliphatic rings. The first-order valence-electron chi connectivity index (χ1n) is 9.96. The summed E-state index contributed by atoms with van der Waals surface area (Å²) in [5.41, 5.74) is 1.49. The topological polar surface area (TPSA) is 109 Å². The Kier molecular flexibility index (Phi) is 5.57. The summed E-state index contributed by atoms with van der Waals surface area (Å²) in [6, 6.07) is 11.5. The number of nitro groups is 1. The van der Waals surface area contributed by atoms with E-state index in [1.54, 1.807) is 40.3 Å². The van der Waals surface area contributed by atoms with E-state index in [-0.39, 0.29) is 17.5 Å². The van der Waals surface area contributed by atoms with Gasteiger partial charge in [0.1, 0.15) is 5.75 Å². The molecule has 0 atom stereocenters. The quantitative estimate of drug-likeness (QED) is 0.513. The van der Waals surface area contributed by atoms with Crippen LogP contribution in [0.2, 0.25) is 0 Å². The predicted octanol–water partition coefficient (Wildman–Crippen LogP) is 3.07. The lowest BCUT2D eigenvalue weighted by molar-refractivity contribution is -0.384. The number of ether oxygens (including phenoxy) is 1. The molecule has 160 valence electrons. The summed E-state index contributed by atoms with van der Waals surface area (Å²) >= 11 is 0. The van der Waals surface area contributed by atoms with Gasteiger partial charge in [0.15, 0.2) is 0 Å². The number of carbonyl (C=O) groups excluding carboxylic acids is 2. The van der Waals surface area contributed by atoms with E-state index < -0.39 is 4.92 Å². The number of aromatic nitrogens is 1. The molecule has 2 amide bonds. The number of fused-ring (bicyclic) bond motifs is 1. The van der Waals surface area contributed by atoms with Gasteiger partial charge in [0.2, 0.25) is 0 Å². The Morgan fingerprint density at radius 2 is 1.68 bits per heavy atom. The number of H-pyrrole nitrogens is 1. The van der Waals surface area contributed by atoms with Crippen molar-refractivity contribution in [1.29, 1.82) is 0 Å². The monoisotopic (exact) mass is 422 g/mol. The Hall–Kier alpha value is -3.88. The molecule has 31 heavy (non-hydrogen) atoms. The number of nitrogens with zero attached hydrogens (tertiary/aromatic N) is 3. The molecule has 0 saturated carbocycles. The number of benzene rings is 2. The van der Waals surface area contributed by atoms with Crippen LogP contribution < -0.4 is 4.74 Å². The summed E-state index contributed by atoms with van der Waals surface area (Å²) in [5, 5.41) is 11.6. The highest BCUT2D eigenvalue weighted by molar-refractivity contribution is 6.07. The van der Waals surface area contributed by atoms with E-state index in [2.05, 4.69) is 4.98 Å². The zero-order valence-electron chi connectivity index (χ0n) is 17.0. The predicted molar refractivity (Wildman–Crippen MR) is 114 cm³/mol. The second-order valence-electron chi connectivity index (χ2n) is 7.33. The van der Waals surface area contributed by atoms with Crippen LogP contribution in [0.1, 0.15) is 27.1 Å². The molecular formula is C22H22N4O5. The average Bonchev–Trinajstić information content (AvgIpc) is 3.05. The third-order valence-corrected chi connectivity index (χ3v) is 5.51. The number of nitrogens with one attached hydrogen (secondary N) is 1. The second-order valence-corrected chi connectivity index (χ2v) is 7.33. The van der Waals surface area contributed by atoms with E-state index >= 15 is 0 Å². The van der Waals surface area contributed by atoms with Gasteiger partial charge in [0.05, 0.1) is 23.2 Å². The van der Waals surface area contributed by atoms with Gasteiger partial charge >= 0.3 is 0 Å². The van der Waals surface area contributed by atoms with Gasteiger partial charge in [-0.05, 0) is 24.6 Å². The Bertz CT molecular complexity index is 1160. The molecule has 0 bridgehead atoms. The van der Waals surface area contributed by atoms with Crippen LogP contribution >= 0.6 is 0 Å². The first kappa shape index (κ1) is 20.4. The third-order valence-electron chi connectivity index (χ3n) is 5.51. The Morgan fingerprint density at radius 1 is 1.00 bits per heavy atom. The third kappa shape index (κ3) is 3.94. The molecule has 2 aromatic carbocycles. The molecule has 4 rings (SSSR count). The van der Waals surface area contributed by atoms with E-state index in [1.165, 1.54) is 19.2 Å². The lowest BCUT2D eigenvalue weighted by Gasteiger charge is -2.22. The summed E-state index contributed by atoms with van der Waals surface area (Å²) in [7, 11) is 1.53. The number of rotatable bonds is 4. The first-order valence-corrected chi connectivity index (χ1v) is 9.96. The van der Waals surface area contributed by atoms with Gasteiger partial charge in [-0.1, -0.05) is 12.1 Å². The molecule has 2 heterocycles. The molecule has 0 radical (unpaired) electrons. The zero-order valence-corrected chi connectivity index (χ0v) is 17.0. The summed E-state index contributed by atoms with van der Waals surface area (Å²) in [4.78, 5) is 43.2. The van der Waals surface area contributed by atoms with Crippen LogP contribution in [0, 0.1) is 10.1 Å². The van der Waals surface area contributed by atoms with Gasteiger partial charge in [0, 0.05) is 55.4 Å². The number of para-hydroxylation sites is 1. The standard InChI is InChI=1S/C22H22N4O5/c1-31-20-6-3-2-5-16(20)21(27)24-9-4-10-25(12-11-24)22(28)18-14-23-19-8-7-15(26(29)30)13-17(18)19/h2-3,5-8,13-14,23H,4,9-12H2,1H3. The molecular weight excluding hydrogens is 400 g/mol. The van der Waals surface area contributed by atoms with Crippen LogP contribution in [-0.4, -0.2) is 64.8 Å². The maximum absolute atomic E-state index is 13.2. The maximum atomic E-state index is 13.2. The van der Waals surface area contributed by atoms with Crippen molar-refractivity contribution in [3.05, 3.63) is 69.9 Å². The molecule has 9 heteroatoms.